The maximum absolute atomic E-state index is 4.31. The van der Waals surface area contributed by atoms with Crippen LogP contribution in [0.4, 0.5) is 5.82 Å². The van der Waals surface area contributed by atoms with E-state index >= 15 is 0 Å². The van der Waals surface area contributed by atoms with Gasteiger partial charge in [0.15, 0.2) is 0 Å². The normalized spacial score (nSPS) is 17.8. The quantitative estimate of drug-likeness (QED) is 0.807. The molecule has 1 aliphatic heterocycles. The third kappa shape index (κ3) is 1.37. The summed E-state index contributed by atoms with van der Waals surface area (Å²) >= 11 is 5.30. The van der Waals surface area contributed by atoms with E-state index in [1.807, 2.05) is 0 Å². The van der Waals surface area contributed by atoms with Crippen LogP contribution in [0.2, 0.25) is 0 Å². The fraction of sp³-hybridized carbons (Fsp3) is 0.400. The van der Waals surface area contributed by atoms with Crippen molar-refractivity contribution in [2.45, 2.75) is 25.8 Å². The molecule has 15 heavy (non-hydrogen) atoms. The second-order valence-electron chi connectivity index (χ2n) is 4.44. The summed E-state index contributed by atoms with van der Waals surface area (Å²) in [5.74, 6) is 0.966. The van der Waals surface area contributed by atoms with Crippen molar-refractivity contribution < 1.29 is 0 Å². The molecule has 0 unspecified atom stereocenters. The predicted octanol–water partition coefficient (Wildman–Crippen LogP) is 3.20. The van der Waals surface area contributed by atoms with Crippen molar-refractivity contribution in [2.24, 2.45) is 0 Å². The lowest BCUT2D eigenvalue weighted by Crippen LogP contribution is -2.36. The lowest BCUT2D eigenvalue weighted by molar-refractivity contribution is 0.557. The van der Waals surface area contributed by atoms with Gasteiger partial charge in [0.05, 0.1) is 9.17 Å². The number of thiophene rings is 1. The number of nitrogens with one attached hydrogen (secondary N) is 1. The van der Waals surface area contributed by atoms with Crippen LogP contribution in [0.25, 0.3) is 10.2 Å². The zero-order valence-electron chi connectivity index (χ0n) is 8.47. The third-order valence-electron chi connectivity index (χ3n) is 2.61. The fourth-order valence-electron chi connectivity index (χ4n) is 2.02. The minimum absolute atomic E-state index is 0.0673. The van der Waals surface area contributed by atoms with Gasteiger partial charge in [0.25, 0.3) is 0 Å². The van der Waals surface area contributed by atoms with Crippen molar-refractivity contribution in [2.75, 3.05) is 5.32 Å². The van der Waals surface area contributed by atoms with Gasteiger partial charge in [-0.15, -0.1) is 11.3 Å². The summed E-state index contributed by atoms with van der Waals surface area (Å²) in [6.45, 7) is 4.38. The second-order valence-corrected chi connectivity index (χ2v) is 6.76. The summed E-state index contributed by atoms with van der Waals surface area (Å²) in [5, 5.41) is 4.64. The number of hydrogen-bond acceptors (Lipinski definition) is 4. The first-order valence-corrected chi connectivity index (χ1v) is 6.38. The number of anilines is 1. The highest BCUT2D eigenvalue weighted by Gasteiger charge is 2.30. The number of nitrogens with zero attached hydrogens (tertiary/aromatic N) is 2. The first kappa shape index (κ1) is 9.54. The highest BCUT2D eigenvalue weighted by Crippen LogP contribution is 2.42. The van der Waals surface area contributed by atoms with Crippen molar-refractivity contribution in [1.29, 1.82) is 0 Å². The van der Waals surface area contributed by atoms with Gasteiger partial charge >= 0.3 is 0 Å². The molecule has 0 radical (unpaired) electrons. The van der Waals surface area contributed by atoms with Crippen LogP contribution in [0.1, 0.15) is 19.4 Å². The van der Waals surface area contributed by atoms with Gasteiger partial charge in [-0.25, -0.2) is 9.97 Å². The zero-order valence-corrected chi connectivity index (χ0v) is 10.9. The zero-order chi connectivity index (χ0) is 10.6. The number of halogens is 1. The summed E-state index contributed by atoms with van der Waals surface area (Å²) in [4.78, 5) is 9.66. The van der Waals surface area contributed by atoms with Crippen LogP contribution in [0.15, 0.2) is 10.1 Å². The van der Waals surface area contributed by atoms with Gasteiger partial charge in [-0.1, -0.05) is 0 Å². The molecule has 0 bridgehead atoms. The molecule has 3 heterocycles. The first-order valence-electron chi connectivity index (χ1n) is 4.77. The second kappa shape index (κ2) is 2.92. The third-order valence-corrected chi connectivity index (χ3v) is 4.51. The summed E-state index contributed by atoms with van der Waals surface area (Å²) in [6.07, 6.45) is 2.63. The molecule has 0 atom stereocenters. The summed E-state index contributed by atoms with van der Waals surface area (Å²) in [7, 11) is 0. The molecule has 0 aromatic carbocycles. The van der Waals surface area contributed by atoms with E-state index in [0.717, 1.165) is 17.1 Å². The van der Waals surface area contributed by atoms with Crippen LogP contribution in [0, 0.1) is 0 Å². The van der Waals surface area contributed by atoms with Crippen LogP contribution in [-0.4, -0.2) is 15.5 Å². The summed E-state index contributed by atoms with van der Waals surface area (Å²) in [5.41, 5.74) is 1.41. The number of aromatic nitrogens is 2. The Morgan fingerprint density at radius 2 is 2.27 bits per heavy atom. The van der Waals surface area contributed by atoms with Gasteiger partial charge in [0, 0.05) is 5.54 Å². The largest absolute Gasteiger partial charge is 0.364 e. The van der Waals surface area contributed by atoms with E-state index in [-0.39, 0.29) is 5.54 Å². The molecule has 0 spiro atoms. The Morgan fingerprint density at radius 3 is 3.07 bits per heavy atom. The molecule has 3 rings (SSSR count). The molecule has 2 aromatic heterocycles. The van der Waals surface area contributed by atoms with Crippen LogP contribution >= 0.6 is 27.3 Å². The topological polar surface area (TPSA) is 37.8 Å². The average Bonchev–Trinajstić information content (AvgIpc) is 2.43. The van der Waals surface area contributed by atoms with E-state index < -0.39 is 0 Å². The maximum atomic E-state index is 4.31. The van der Waals surface area contributed by atoms with Gasteiger partial charge in [-0.3, -0.25) is 0 Å². The van der Waals surface area contributed by atoms with Gasteiger partial charge in [-0.2, -0.15) is 0 Å². The minimum atomic E-state index is 0.0673. The Labute approximate surface area is 100 Å². The smallest absolute Gasteiger partial charge is 0.138 e. The molecule has 0 saturated carbocycles. The van der Waals surface area contributed by atoms with Crippen molar-refractivity contribution in [3.05, 3.63) is 15.7 Å². The Morgan fingerprint density at radius 1 is 1.47 bits per heavy atom. The lowest BCUT2D eigenvalue weighted by Gasteiger charge is -2.31. The summed E-state index contributed by atoms with van der Waals surface area (Å²) < 4.78 is 1.19. The SMILES string of the molecule is CC1(C)Cc2c(Br)sc3ncnc(c23)N1. The van der Waals surface area contributed by atoms with E-state index in [9.17, 15) is 0 Å². The van der Waals surface area contributed by atoms with Gasteiger partial charge in [-0.05, 0) is 41.8 Å². The Balaban J connectivity index is 2.38. The van der Waals surface area contributed by atoms with Crippen molar-refractivity contribution in [1.82, 2.24) is 9.97 Å². The molecule has 78 valence electrons. The number of hydrogen-bond donors (Lipinski definition) is 1. The molecule has 1 N–H and O–H groups in total. The molecule has 0 saturated heterocycles. The minimum Gasteiger partial charge on any atom is -0.364 e. The molecule has 0 fully saturated rings. The Hall–Kier alpha value is -0.680. The average molecular weight is 284 g/mol. The van der Waals surface area contributed by atoms with Crippen LogP contribution in [0.3, 0.4) is 0 Å². The first-order chi connectivity index (χ1) is 7.07. The van der Waals surface area contributed by atoms with E-state index in [0.29, 0.717) is 0 Å². The number of rotatable bonds is 0. The molecule has 0 aliphatic carbocycles. The predicted molar refractivity (Wildman–Crippen MR) is 66.5 cm³/mol. The van der Waals surface area contributed by atoms with Crippen LogP contribution in [0.5, 0.6) is 0 Å². The lowest BCUT2D eigenvalue weighted by atomic mass is 9.92. The van der Waals surface area contributed by atoms with E-state index in [1.165, 1.54) is 14.7 Å². The highest BCUT2D eigenvalue weighted by atomic mass is 79.9. The van der Waals surface area contributed by atoms with Gasteiger partial charge in [0.2, 0.25) is 0 Å². The standard InChI is InChI=1S/C10H10BrN3S/c1-10(2)3-5-6-8(14-10)12-4-13-9(6)15-7(5)11/h4H,3H2,1-2H3,(H,12,13,14). The van der Waals surface area contributed by atoms with Crippen molar-refractivity contribution in [3.63, 3.8) is 0 Å². The van der Waals surface area contributed by atoms with E-state index in [1.54, 1.807) is 17.7 Å². The highest BCUT2D eigenvalue weighted by molar-refractivity contribution is 9.11. The monoisotopic (exact) mass is 283 g/mol. The van der Waals surface area contributed by atoms with Crippen LogP contribution < -0.4 is 5.32 Å². The molecular weight excluding hydrogens is 274 g/mol. The van der Waals surface area contributed by atoms with Gasteiger partial charge in [0.1, 0.15) is 17.0 Å². The van der Waals surface area contributed by atoms with Gasteiger partial charge < -0.3 is 5.32 Å². The van der Waals surface area contributed by atoms with Crippen LogP contribution in [-0.2, 0) is 6.42 Å². The molecular formula is C10H10BrN3S. The Kier molecular flexibility index (Phi) is 1.86. The Bertz CT molecular complexity index is 547. The van der Waals surface area contributed by atoms with E-state index in [4.69, 9.17) is 0 Å². The van der Waals surface area contributed by atoms with Crippen molar-refractivity contribution in [3.8, 4) is 0 Å². The maximum Gasteiger partial charge on any atom is 0.138 e. The molecule has 3 nitrogen and oxygen atoms in total. The summed E-state index contributed by atoms with van der Waals surface area (Å²) in [6, 6.07) is 0. The van der Waals surface area contributed by atoms with E-state index in [2.05, 4.69) is 45.1 Å². The molecule has 0 amide bonds. The molecule has 5 heteroatoms. The molecule has 2 aromatic rings. The molecule has 1 aliphatic rings. The fourth-order valence-corrected chi connectivity index (χ4v) is 3.71. The van der Waals surface area contributed by atoms with Crippen molar-refractivity contribution >= 4 is 43.3 Å².